The van der Waals surface area contributed by atoms with Crippen molar-refractivity contribution in [3.63, 3.8) is 0 Å². The normalized spacial score (nSPS) is 15.9. The summed E-state index contributed by atoms with van der Waals surface area (Å²) in [7, 11) is 4.70. The molecule has 0 bridgehead atoms. The first kappa shape index (κ1) is 20.5. The number of anilines is 1. The van der Waals surface area contributed by atoms with Crippen LogP contribution in [0.1, 0.15) is 18.5 Å². The maximum Gasteiger partial charge on any atom is 0.255 e. The molecule has 2 aromatic carbocycles. The van der Waals surface area contributed by atoms with Crippen LogP contribution in [0.5, 0.6) is 17.2 Å². The number of ether oxygens (including phenoxy) is 3. The van der Waals surface area contributed by atoms with E-state index in [1.54, 1.807) is 39.5 Å². The average molecular weight is 413 g/mol. The molecule has 2 aromatic rings. The van der Waals surface area contributed by atoms with E-state index in [9.17, 15) is 4.79 Å². The first-order chi connectivity index (χ1) is 14.0. The molecule has 1 aliphatic rings. The Morgan fingerprint density at radius 2 is 1.76 bits per heavy atom. The third kappa shape index (κ3) is 4.27. The Morgan fingerprint density at radius 3 is 2.45 bits per heavy atom. The van der Waals surface area contributed by atoms with Crippen molar-refractivity contribution >= 4 is 28.9 Å². The molecule has 0 unspecified atom stereocenters. The van der Waals surface area contributed by atoms with Gasteiger partial charge in [-0.1, -0.05) is 18.2 Å². The maximum atomic E-state index is 13.3. The number of amides is 1. The number of hydrogen-bond acceptors (Lipinski definition) is 5. The Balaban J connectivity index is 2.01. The lowest BCUT2D eigenvalue weighted by Gasteiger charge is -2.31. The minimum Gasteiger partial charge on any atom is -0.497 e. The predicted octanol–water partition coefficient (Wildman–Crippen LogP) is 3.14. The van der Waals surface area contributed by atoms with Crippen molar-refractivity contribution in [2.45, 2.75) is 13.0 Å². The molecule has 0 fully saturated rings. The van der Waals surface area contributed by atoms with E-state index in [-0.39, 0.29) is 5.91 Å². The molecular weight excluding hydrogens is 390 g/mol. The van der Waals surface area contributed by atoms with Gasteiger partial charge in [0.15, 0.2) is 5.11 Å². The number of thiocarbonyl (C=S) groups is 1. The van der Waals surface area contributed by atoms with E-state index >= 15 is 0 Å². The van der Waals surface area contributed by atoms with Crippen LogP contribution in [0.15, 0.2) is 53.7 Å². The number of allylic oxidation sites excluding steroid dienone is 1. The molecule has 0 aliphatic carbocycles. The van der Waals surface area contributed by atoms with Crippen LogP contribution >= 0.6 is 12.2 Å². The first-order valence-electron chi connectivity index (χ1n) is 8.93. The van der Waals surface area contributed by atoms with Gasteiger partial charge < -0.3 is 30.2 Å². The predicted molar refractivity (Wildman–Crippen MR) is 115 cm³/mol. The Labute approximate surface area is 175 Å². The minimum atomic E-state index is -0.475. The van der Waals surface area contributed by atoms with E-state index in [1.807, 2.05) is 31.2 Å². The number of benzene rings is 2. The molecule has 29 heavy (non-hydrogen) atoms. The first-order valence-corrected chi connectivity index (χ1v) is 9.34. The van der Waals surface area contributed by atoms with E-state index in [0.29, 0.717) is 39.3 Å². The zero-order chi connectivity index (χ0) is 21.0. The van der Waals surface area contributed by atoms with Gasteiger partial charge in [-0.25, -0.2) is 0 Å². The van der Waals surface area contributed by atoms with Gasteiger partial charge in [-0.05, 0) is 37.3 Å². The topological polar surface area (TPSA) is 80.9 Å². The Bertz CT molecular complexity index is 974. The summed E-state index contributed by atoms with van der Waals surface area (Å²) in [4.78, 5) is 13.3. The van der Waals surface area contributed by atoms with Gasteiger partial charge >= 0.3 is 0 Å². The maximum absolute atomic E-state index is 13.3. The largest absolute Gasteiger partial charge is 0.497 e. The van der Waals surface area contributed by atoms with Gasteiger partial charge in [-0.3, -0.25) is 4.79 Å². The highest BCUT2D eigenvalue weighted by molar-refractivity contribution is 7.80. The molecule has 7 nitrogen and oxygen atoms in total. The second-order valence-corrected chi connectivity index (χ2v) is 6.74. The molecule has 0 spiro atoms. The standard InChI is InChI=1S/C21H23N3O4S/c1-12-18(20(25)23-15-11-13(26-2)9-10-17(15)28-4)19(24-21(29)22-12)14-7-5-6-8-16(14)27-3/h5-11,19H,1-4H3,(H,23,25)(H2,22,24,29)/t19-/m0/s1. The summed E-state index contributed by atoms with van der Waals surface area (Å²) in [5.41, 5.74) is 2.46. The molecule has 3 N–H and O–H groups in total. The van der Waals surface area contributed by atoms with Crippen LogP contribution < -0.4 is 30.2 Å². The Morgan fingerprint density at radius 1 is 1.03 bits per heavy atom. The van der Waals surface area contributed by atoms with Gasteiger partial charge in [0.2, 0.25) is 0 Å². The molecule has 0 aromatic heterocycles. The minimum absolute atomic E-state index is 0.299. The fraction of sp³-hybridized carbons (Fsp3) is 0.238. The van der Waals surface area contributed by atoms with Gasteiger partial charge in [0.25, 0.3) is 5.91 Å². The van der Waals surface area contributed by atoms with Crippen molar-refractivity contribution in [1.82, 2.24) is 10.6 Å². The van der Waals surface area contributed by atoms with Crippen molar-refractivity contribution in [2.24, 2.45) is 0 Å². The third-order valence-electron chi connectivity index (χ3n) is 4.62. The molecule has 1 aliphatic heterocycles. The molecule has 1 amide bonds. The number of carbonyl (C=O) groups is 1. The fourth-order valence-corrected chi connectivity index (χ4v) is 3.51. The van der Waals surface area contributed by atoms with Crippen LogP contribution in [0.3, 0.4) is 0 Å². The molecular formula is C21H23N3O4S. The molecule has 1 atom stereocenters. The highest BCUT2D eigenvalue weighted by Crippen LogP contribution is 2.35. The quantitative estimate of drug-likeness (QED) is 0.628. The molecule has 3 rings (SSSR count). The fourth-order valence-electron chi connectivity index (χ4n) is 3.23. The summed E-state index contributed by atoms with van der Waals surface area (Å²) in [5, 5.41) is 9.56. The van der Waals surface area contributed by atoms with Gasteiger partial charge in [-0.15, -0.1) is 0 Å². The van der Waals surface area contributed by atoms with Crippen molar-refractivity contribution in [3.8, 4) is 17.2 Å². The van der Waals surface area contributed by atoms with E-state index < -0.39 is 6.04 Å². The molecule has 8 heteroatoms. The number of rotatable bonds is 6. The summed E-state index contributed by atoms with van der Waals surface area (Å²) >= 11 is 5.32. The van der Waals surface area contributed by atoms with Gasteiger partial charge in [0, 0.05) is 17.3 Å². The van der Waals surface area contributed by atoms with Crippen molar-refractivity contribution in [3.05, 3.63) is 59.3 Å². The van der Waals surface area contributed by atoms with Crippen LogP contribution in [0.4, 0.5) is 5.69 Å². The van der Waals surface area contributed by atoms with Crippen molar-refractivity contribution in [2.75, 3.05) is 26.6 Å². The van der Waals surface area contributed by atoms with Crippen molar-refractivity contribution in [1.29, 1.82) is 0 Å². The van der Waals surface area contributed by atoms with Gasteiger partial charge in [-0.2, -0.15) is 0 Å². The number of nitrogens with one attached hydrogen (secondary N) is 3. The summed E-state index contributed by atoms with van der Waals surface area (Å²) in [6, 6.07) is 12.2. The van der Waals surface area contributed by atoms with Crippen LogP contribution in [0.25, 0.3) is 0 Å². The zero-order valence-corrected chi connectivity index (χ0v) is 17.5. The second kappa shape index (κ2) is 8.83. The molecule has 0 saturated heterocycles. The SMILES string of the molecule is COc1ccc(OC)c(NC(=O)C2=C(C)NC(=S)N[C@H]2c2ccccc2OC)c1. The molecule has 0 radical (unpaired) electrons. The van der Waals surface area contributed by atoms with E-state index in [2.05, 4.69) is 16.0 Å². The lowest BCUT2D eigenvalue weighted by Crippen LogP contribution is -2.45. The van der Waals surface area contributed by atoms with E-state index in [1.165, 1.54) is 0 Å². The summed E-state index contributed by atoms with van der Waals surface area (Å²) in [6.45, 7) is 1.81. The third-order valence-corrected chi connectivity index (χ3v) is 4.84. The molecule has 152 valence electrons. The zero-order valence-electron chi connectivity index (χ0n) is 16.7. The van der Waals surface area contributed by atoms with E-state index in [4.69, 9.17) is 26.4 Å². The van der Waals surface area contributed by atoms with Crippen LogP contribution in [-0.4, -0.2) is 32.3 Å². The van der Waals surface area contributed by atoms with Crippen LogP contribution in [-0.2, 0) is 4.79 Å². The number of methoxy groups -OCH3 is 3. The monoisotopic (exact) mass is 413 g/mol. The van der Waals surface area contributed by atoms with Crippen LogP contribution in [0.2, 0.25) is 0 Å². The van der Waals surface area contributed by atoms with Crippen LogP contribution in [0, 0.1) is 0 Å². The summed E-state index contributed by atoms with van der Waals surface area (Å²) in [6.07, 6.45) is 0. The average Bonchev–Trinajstić information content (AvgIpc) is 2.72. The van der Waals surface area contributed by atoms with Gasteiger partial charge in [0.1, 0.15) is 17.2 Å². The van der Waals surface area contributed by atoms with Gasteiger partial charge in [0.05, 0.1) is 38.6 Å². The Kier molecular flexibility index (Phi) is 6.23. The molecule has 0 saturated carbocycles. The summed E-state index contributed by atoms with van der Waals surface area (Å²) < 4.78 is 16.1. The van der Waals surface area contributed by atoms with Crippen molar-refractivity contribution < 1.29 is 19.0 Å². The highest BCUT2D eigenvalue weighted by atomic mass is 32.1. The number of hydrogen-bond donors (Lipinski definition) is 3. The second-order valence-electron chi connectivity index (χ2n) is 6.33. The number of para-hydroxylation sites is 1. The lowest BCUT2D eigenvalue weighted by molar-refractivity contribution is -0.113. The summed E-state index contributed by atoms with van der Waals surface area (Å²) in [5.74, 6) is 1.49. The Hall–Kier alpha value is -3.26. The highest BCUT2D eigenvalue weighted by Gasteiger charge is 2.32. The smallest absolute Gasteiger partial charge is 0.255 e. The molecule has 1 heterocycles. The van der Waals surface area contributed by atoms with E-state index in [0.717, 1.165) is 5.56 Å². The number of carbonyl (C=O) groups excluding carboxylic acids is 1. The lowest BCUT2D eigenvalue weighted by atomic mass is 9.94.